The molecule has 2 rings (SSSR count). The summed E-state index contributed by atoms with van der Waals surface area (Å²) in [6, 6.07) is 0. The van der Waals surface area contributed by atoms with Gasteiger partial charge in [-0.2, -0.15) is 4.37 Å². The van der Waals surface area contributed by atoms with Gasteiger partial charge in [-0.1, -0.05) is 0 Å². The zero-order valence-electron chi connectivity index (χ0n) is 4.59. The van der Waals surface area contributed by atoms with Gasteiger partial charge in [-0.15, -0.1) is 0 Å². The number of hydrogen-bond donors (Lipinski definition) is 2. The Morgan fingerprint density at radius 2 is 2.56 bits per heavy atom. The zero-order chi connectivity index (χ0) is 6.27. The van der Waals surface area contributed by atoms with Crippen LogP contribution in [0.3, 0.4) is 0 Å². The quantitative estimate of drug-likeness (QED) is 0.576. The number of nitrogens with zero attached hydrogens (tertiary/aromatic N) is 1. The van der Waals surface area contributed by atoms with Gasteiger partial charge in [0.2, 0.25) is 0 Å². The molecule has 0 aliphatic heterocycles. The predicted octanol–water partition coefficient (Wildman–Crippen LogP) is 1.21. The highest BCUT2D eigenvalue weighted by atomic mass is 32.1. The van der Waals surface area contributed by atoms with E-state index in [1.807, 2.05) is 5.38 Å². The first-order chi connectivity index (χ1) is 4.38. The lowest BCUT2D eigenvalue weighted by atomic mass is 10.4. The molecule has 0 aromatic carbocycles. The molecule has 3 nitrogen and oxygen atoms in total. The molecule has 46 valence electrons. The second kappa shape index (κ2) is 1.48. The van der Waals surface area contributed by atoms with E-state index < -0.39 is 0 Å². The summed E-state index contributed by atoms with van der Waals surface area (Å²) >= 11 is 1.41. The lowest BCUT2D eigenvalue weighted by Gasteiger charge is -1.75. The fraction of sp³-hybridized carbons (Fsp3) is 0. The van der Waals surface area contributed by atoms with Crippen LogP contribution >= 0.6 is 11.5 Å². The Hall–Kier alpha value is -1.03. The molecule has 0 radical (unpaired) electrons. The fourth-order valence-corrected chi connectivity index (χ4v) is 1.43. The van der Waals surface area contributed by atoms with Crippen LogP contribution in [0, 0.1) is 0 Å². The van der Waals surface area contributed by atoms with E-state index in [-0.39, 0.29) is 0 Å². The van der Waals surface area contributed by atoms with Gasteiger partial charge in [-0.3, -0.25) is 0 Å². The van der Waals surface area contributed by atoms with Gasteiger partial charge in [-0.05, 0) is 11.5 Å². The highest BCUT2D eigenvalue weighted by Crippen LogP contribution is 2.19. The molecule has 0 fully saturated rings. The van der Waals surface area contributed by atoms with Crippen LogP contribution in [0.2, 0.25) is 0 Å². The molecule has 3 N–H and O–H groups in total. The first-order valence-corrected chi connectivity index (χ1v) is 3.38. The van der Waals surface area contributed by atoms with Gasteiger partial charge in [0.05, 0.1) is 11.1 Å². The van der Waals surface area contributed by atoms with Crippen molar-refractivity contribution in [2.75, 3.05) is 5.73 Å². The van der Waals surface area contributed by atoms with Crippen molar-refractivity contribution in [2.24, 2.45) is 0 Å². The van der Waals surface area contributed by atoms with E-state index in [4.69, 9.17) is 5.73 Å². The number of nitrogen functional groups attached to an aromatic ring is 1. The Morgan fingerprint density at radius 1 is 1.67 bits per heavy atom. The summed E-state index contributed by atoms with van der Waals surface area (Å²) in [5.41, 5.74) is 7.22. The molecule has 0 saturated heterocycles. The van der Waals surface area contributed by atoms with Crippen LogP contribution in [-0.2, 0) is 0 Å². The number of nitrogens with two attached hydrogens (primary N) is 1. The highest BCUT2D eigenvalue weighted by molar-refractivity contribution is 7.04. The summed E-state index contributed by atoms with van der Waals surface area (Å²) in [6.07, 6.45) is 1.75. The van der Waals surface area contributed by atoms with Gasteiger partial charge in [0.1, 0.15) is 0 Å². The average Bonchev–Trinajstić information content (AvgIpc) is 2.35. The minimum Gasteiger partial charge on any atom is -0.397 e. The molecule has 2 heterocycles. The lowest BCUT2D eigenvalue weighted by molar-refractivity contribution is 1.42. The molecular weight excluding hydrogens is 134 g/mol. The van der Waals surface area contributed by atoms with Crippen molar-refractivity contribution >= 4 is 28.3 Å². The largest absolute Gasteiger partial charge is 0.397 e. The van der Waals surface area contributed by atoms with Crippen molar-refractivity contribution in [1.82, 2.24) is 9.36 Å². The summed E-state index contributed by atoms with van der Waals surface area (Å²) < 4.78 is 4.05. The average molecular weight is 139 g/mol. The van der Waals surface area contributed by atoms with Crippen LogP contribution in [0.25, 0.3) is 11.0 Å². The standard InChI is InChI=1S/C5H5N3S/c6-4-1-7-5-3(4)2-9-8-5/h1-2H,6H2,(H,7,8). The second-order valence-corrected chi connectivity index (χ2v) is 2.45. The number of aromatic amines is 1. The minimum atomic E-state index is 0.777. The minimum absolute atomic E-state index is 0.777. The maximum Gasteiger partial charge on any atom is 0.153 e. The third-order valence-corrected chi connectivity index (χ3v) is 1.87. The topological polar surface area (TPSA) is 54.7 Å². The van der Waals surface area contributed by atoms with E-state index in [9.17, 15) is 0 Å². The summed E-state index contributed by atoms with van der Waals surface area (Å²) in [5.74, 6) is 0. The zero-order valence-corrected chi connectivity index (χ0v) is 5.40. The van der Waals surface area contributed by atoms with Gasteiger partial charge >= 0.3 is 0 Å². The fourth-order valence-electron chi connectivity index (χ4n) is 0.769. The predicted molar refractivity (Wildman–Crippen MR) is 38.4 cm³/mol. The van der Waals surface area contributed by atoms with Crippen LogP contribution in [0.5, 0.6) is 0 Å². The van der Waals surface area contributed by atoms with Crippen molar-refractivity contribution in [3.05, 3.63) is 11.6 Å². The molecular formula is C5H5N3S. The SMILES string of the molecule is Nc1c[nH]c2nscc12. The monoisotopic (exact) mass is 139 g/mol. The second-order valence-electron chi connectivity index (χ2n) is 1.82. The molecule has 0 unspecified atom stereocenters. The van der Waals surface area contributed by atoms with Crippen LogP contribution in [-0.4, -0.2) is 9.36 Å². The summed E-state index contributed by atoms with van der Waals surface area (Å²) in [6.45, 7) is 0. The number of aromatic nitrogens is 2. The van der Waals surface area contributed by atoms with E-state index in [0.717, 1.165) is 16.7 Å². The summed E-state index contributed by atoms with van der Waals surface area (Å²) in [4.78, 5) is 2.94. The maximum absolute atomic E-state index is 5.56. The van der Waals surface area contributed by atoms with Crippen LogP contribution < -0.4 is 5.73 Å². The molecule has 4 heteroatoms. The molecule has 9 heavy (non-hydrogen) atoms. The molecule has 2 aromatic heterocycles. The molecule has 0 bridgehead atoms. The number of rotatable bonds is 0. The van der Waals surface area contributed by atoms with Gasteiger partial charge in [0.15, 0.2) is 5.65 Å². The molecule has 0 aliphatic rings. The molecule has 0 spiro atoms. The third-order valence-electron chi connectivity index (χ3n) is 1.25. The Bertz CT molecular complexity index is 321. The van der Waals surface area contributed by atoms with Crippen LogP contribution in [0.1, 0.15) is 0 Å². The van der Waals surface area contributed by atoms with Crippen molar-refractivity contribution in [1.29, 1.82) is 0 Å². The van der Waals surface area contributed by atoms with Crippen molar-refractivity contribution < 1.29 is 0 Å². The van der Waals surface area contributed by atoms with Crippen molar-refractivity contribution in [3.8, 4) is 0 Å². The van der Waals surface area contributed by atoms with E-state index in [2.05, 4.69) is 9.36 Å². The van der Waals surface area contributed by atoms with Gasteiger partial charge in [0, 0.05) is 11.6 Å². The Kier molecular flexibility index (Phi) is 0.790. The summed E-state index contributed by atoms with van der Waals surface area (Å²) in [5, 5.41) is 2.96. The van der Waals surface area contributed by atoms with Gasteiger partial charge < -0.3 is 10.7 Å². The first-order valence-electron chi connectivity index (χ1n) is 2.55. The number of H-pyrrole nitrogens is 1. The smallest absolute Gasteiger partial charge is 0.153 e. The number of nitrogens with one attached hydrogen (secondary N) is 1. The van der Waals surface area contributed by atoms with E-state index in [1.165, 1.54) is 11.5 Å². The maximum atomic E-state index is 5.56. The molecule has 0 saturated carbocycles. The summed E-state index contributed by atoms with van der Waals surface area (Å²) in [7, 11) is 0. The van der Waals surface area contributed by atoms with Crippen LogP contribution in [0.4, 0.5) is 5.69 Å². The van der Waals surface area contributed by atoms with E-state index >= 15 is 0 Å². The Morgan fingerprint density at radius 3 is 3.33 bits per heavy atom. The number of anilines is 1. The molecule has 0 atom stereocenters. The van der Waals surface area contributed by atoms with Crippen LogP contribution in [0.15, 0.2) is 11.6 Å². The number of hydrogen-bond acceptors (Lipinski definition) is 3. The van der Waals surface area contributed by atoms with Gasteiger partial charge in [0.25, 0.3) is 0 Å². The molecule has 2 aromatic rings. The Labute approximate surface area is 55.7 Å². The highest BCUT2D eigenvalue weighted by Gasteiger charge is 1.99. The van der Waals surface area contributed by atoms with E-state index in [0.29, 0.717) is 0 Å². The van der Waals surface area contributed by atoms with Gasteiger partial charge in [-0.25, -0.2) is 0 Å². The third kappa shape index (κ3) is 0.533. The van der Waals surface area contributed by atoms with E-state index in [1.54, 1.807) is 6.20 Å². The Balaban J connectivity index is 2.99. The first kappa shape index (κ1) is 4.81. The normalized spacial score (nSPS) is 10.7. The molecule has 0 aliphatic carbocycles. The van der Waals surface area contributed by atoms with Crippen molar-refractivity contribution in [3.63, 3.8) is 0 Å². The lowest BCUT2D eigenvalue weighted by Crippen LogP contribution is -1.77. The number of fused-ring (bicyclic) bond motifs is 1. The molecule has 0 amide bonds. The van der Waals surface area contributed by atoms with Crippen molar-refractivity contribution in [2.45, 2.75) is 0 Å².